The van der Waals surface area contributed by atoms with E-state index >= 15 is 0 Å². The Bertz CT molecular complexity index is 38.2. The van der Waals surface area contributed by atoms with Gasteiger partial charge < -0.3 is 9.84 Å². The minimum atomic E-state index is -0.634. The summed E-state index contributed by atoms with van der Waals surface area (Å²) >= 11 is 0. The van der Waals surface area contributed by atoms with Gasteiger partial charge in [0.25, 0.3) is 0 Å². The molecule has 1 atom stereocenters. The lowest BCUT2D eigenvalue weighted by atomic mass is 10.3. The zero-order chi connectivity index (χ0) is 5.70. The highest BCUT2D eigenvalue weighted by Gasteiger charge is 1.89. The number of hydrogen-bond donors (Lipinski definition) is 0. The van der Waals surface area contributed by atoms with Crippen LogP contribution in [0.4, 0.5) is 0 Å². The molecule has 0 aromatic carbocycles. The minimum absolute atomic E-state index is 0. The van der Waals surface area contributed by atoms with E-state index in [1.807, 2.05) is 0 Å². The zero-order valence-electron chi connectivity index (χ0n) is 4.52. The van der Waals surface area contributed by atoms with Crippen molar-refractivity contribution in [1.82, 2.24) is 0 Å². The van der Waals surface area contributed by atoms with E-state index in [4.69, 9.17) is 0 Å². The lowest BCUT2D eigenvalue weighted by molar-refractivity contribution is -0.425. The van der Waals surface area contributed by atoms with Crippen molar-refractivity contribution in [3.63, 3.8) is 0 Å². The molecule has 0 aliphatic rings. The van der Waals surface area contributed by atoms with Crippen LogP contribution in [-0.4, -0.2) is 19.8 Å². The predicted molar refractivity (Wildman–Crippen MR) is 45.8 cm³/mol. The first-order valence-corrected chi connectivity index (χ1v) is 2.25. The van der Waals surface area contributed by atoms with Crippen molar-refractivity contribution >= 4 is 0 Å². The average Bonchev–Trinajstić information content (AvgIpc) is 1.68. The van der Waals surface area contributed by atoms with Crippen molar-refractivity contribution in [2.75, 3.05) is 13.7 Å². The lowest BCUT2D eigenvalue weighted by Crippen LogP contribution is -2.28. The molecule has 0 fully saturated rings. The molecule has 66 valence electrons. The molecule has 0 aromatic rings. The first-order valence-electron chi connectivity index (χ1n) is 2.25. The first-order chi connectivity index (χ1) is 3.31. The van der Waals surface area contributed by atoms with Gasteiger partial charge in [-0.25, -0.2) is 0 Å². The summed E-state index contributed by atoms with van der Waals surface area (Å²) in [5.41, 5.74) is 0. The Balaban J connectivity index is -0.0000000600. The summed E-state index contributed by atoms with van der Waals surface area (Å²) in [6.07, 6.45) is -0.224. The van der Waals surface area contributed by atoms with Crippen molar-refractivity contribution in [2.24, 2.45) is 0 Å². The molecule has 0 spiro atoms. The summed E-state index contributed by atoms with van der Waals surface area (Å²) in [4.78, 5) is 0. The van der Waals surface area contributed by atoms with Gasteiger partial charge in [0.15, 0.2) is 0 Å². The highest BCUT2D eigenvalue weighted by Crippen LogP contribution is 1.82. The summed E-state index contributed by atoms with van der Waals surface area (Å²) in [5.74, 6) is 0. The number of methoxy groups -OCH3 is 1. The minimum Gasteiger partial charge on any atom is -0.847 e. The van der Waals surface area contributed by atoms with Crippen LogP contribution in [0.5, 0.6) is 0 Å². The molecule has 2 nitrogen and oxygen atoms in total. The molecule has 0 saturated carbocycles. The van der Waals surface area contributed by atoms with Crippen LogP contribution in [0.2, 0.25) is 0 Å². The third kappa shape index (κ3) is 15.7. The maximum atomic E-state index is 10.3. The Morgan fingerprint density at radius 2 is 1.80 bits per heavy atom. The molecule has 0 bridgehead atoms. The Kier molecular flexibility index (Phi) is 35.9. The molecular weight excluding hydrogens is 128 g/mol. The van der Waals surface area contributed by atoms with Crippen molar-refractivity contribution in [3.8, 4) is 0 Å². The monoisotopic (exact) mass is 150 g/mol. The van der Waals surface area contributed by atoms with Crippen LogP contribution in [0.25, 0.3) is 0 Å². The van der Waals surface area contributed by atoms with E-state index in [2.05, 4.69) is 11.7 Å². The number of ether oxygens (including phenoxy) is 1. The molecule has 10 heavy (non-hydrogen) atoms. The van der Waals surface area contributed by atoms with Crippen LogP contribution in [0.1, 0.15) is 28.7 Å². The van der Waals surface area contributed by atoms with Gasteiger partial charge in [0.1, 0.15) is 0 Å². The maximum Gasteiger partial charge on any atom is 0.0748 e. The third-order valence-electron chi connectivity index (χ3n) is 0.675. The molecule has 0 rings (SSSR count). The van der Waals surface area contributed by atoms with Crippen LogP contribution in [0, 0.1) is 6.92 Å². The topological polar surface area (TPSA) is 32.3 Å². The SMILES string of the molecule is C.C.C.[CH2+]CC([O-])COC. The molecule has 0 saturated heterocycles. The van der Waals surface area contributed by atoms with Crippen molar-refractivity contribution < 1.29 is 9.84 Å². The fraction of sp³-hybridized carbons (Fsp3) is 0.875. The van der Waals surface area contributed by atoms with Crippen LogP contribution in [-0.2, 0) is 4.74 Å². The van der Waals surface area contributed by atoms with E-state index in [9.17, 15) is 5.11 Å². The highest BCUT2D eigenvalue weighted by molar-refractivity contribution is 4.50. The van der Waals surface area contributed by atoms with E-state index < -0.39 is 6.10 Å². The Labute approximate surface area is 66.2 Å². The smallest absolute Gasteiger partial charge is 0.0748 e. The Morgan fingerprint density at radius 3 is 1.90 bits per heavy atom. The summed E-state index contributed by atoms with van der Waals surface area (Å²) in [5, 5.41) is 10.3. The fourth-order valence-electron chi connectivity index (χ4n) is 0.269. The van der Waals surface area contributed by atoms with Crippen molar-refractivity contribution in [1.29, 1.82) is 0 Å². The summed E-state index contributed by atoms with van der Waals surface area (Å²) in [7, 11) is 1.51. The van der Waals surface area contributed by atoms with E-state index in [0.29, 0.717) is 6.42 Å². The second kappa shape index (κ2) is 15.9. The first kappa shape index (κ1) is 22.6. The van der Waals surface area contributed by atoms with Gasteiger partial charge >= 0.3 is 0 Å². The molecule has 2 heteroatoms. The van der Waals surface area contributed by atoms with Crippen LogP contribution < -0.4 is 5.11 Å². The highest BCUT2D eigenvalue weighted by atomic mass is 16.5. The normalized spacial score (nSPS) is 9.80. The summed E-state index contributed by atoms with van der Waals surface area (Å²) < 4.78 is 4.54. The molecule has 1 unspecified atom stereocenters. The molecule has 0 N–H and O–H groups in total. The van der Waals surface area contributed by atoms with Gasteiger partial charge in [0, 0.05) is 13.7 Å². The van der Waals surface area contributed by atoms with Gasteiger partial charge in [0.2, 0.25) is 0 Å². The van der Waals surface area contributed by atoms with Crippen LogP contribution in [0.15, 0.2) is 0 Å². The van der Waals surface area contributed by atoms with Gasteiger partial charge in [-0.05, 0) is 0 Å². The molecule has 0 aliphatic carbocycles. The fourth-order valence-corrected chi connectivity index (χ4v) is 0.269. The van der Waals surface area contributed by atoms with E-state index in [1.165, 1.54) is 7.11 Å². The van der Waals surface area contributed by atoms with Gasteiger partial charge in [-0.2, -0.15) is 0 Å². The van der Waals surface area contributed by atoms with Crippen molar-refractivity contribution in [2.45, 2.75) is 34.8 Å². The van der Waals surface area contributed by atoms with E-state index in [1.54, 1.807) is 0 Å². The van der Waals surface area contributed by atoms with Crippen LogP contribution in [0.3, 0.4) is 0 Å². The third-order valence-corrected chi connectivity index (χ3v) is 0.675. The molecular formula is C8H22O2. The molecule has 0 heterocycles. The van der Waals surface area contributed by atoms with Gasteiger partial charge in [-0.1, -0.05) is 28.4 Å². The van der Waals surface area contributed by atoms with Gasteiger partial charge in [-0.3, -0.25) is 0 Å². The standard InChI is InChI=1S/C5H10O2.3CH4/c1-3-5(6)4-7-2;;;/h5H,1,3-4H2,2H3;3*1H4. The van der Waals surface area contributed by atoms with E-state index in [0.717, 1.165) is 0 Å². The quantitative estimate of drug-likeness (QED) is 0.571. The van der Waals surface area contributed by atoms with Gasteiger partial charge in [0.05, 0.1) is 13.3 Å². The molecule has 0 aromatic heterocycles. The summed E-state index contributed by atoms with van der Waals surface area (Å²) in [6.45, 7) is 3.69. The molecule has 0 aliphatic heterocycles. The predicted octanol–water partition coefficient (Wildman–Crippen LogP) is 1.49. The molecule has 0 radical (unpaired) electrons. The second-order valence-electron chi connectivity index (χ2n) is 1.37. The maximum absolute atomic E-state index is 10.3. The lowest BCUT2D eigenvalue weighted by Gasteiger charge is -2.13. The van der Waals surface area contributed by atoms with Crippen LogP contribution >= 0.6 is 0 Å². The molecule has 0 amide bonds. The van der Waals surface area contributed by atoms with Crippen molar-refractivity contribution in [3.05, 3.63) is 6.92 Å². The Hall–Kier alpha value is -0.210. The average molecular weight is 150 g/mol. The van der Waals surface area contributed by atoms with Gasteiger partial charge in [-0.15, -0.1) is 0 Å². The number of rotatable bonds is 3. The summed E-state index contributed by atoms with van der Waals surface area (Å²) in [6, 6.07) is 0. The number of hydrogen-bond acceptors (Lipinski definition) is 2. The Morgan fingerprint density at radius 1 is 1.40 bits per heavy atom. The zero-order valence-corrected chi connectivity index (χ0v) is 4.52. The van der Waals surface area contributed by atoms with E-state index in [-0.39, 0.29) is 28.9 Å². The largest absolute Gasteiger partial charge is 0.847 e. The second-order valence-corrected chi connectivity index (χ2v) is 1.37.